The molecule has 0 bridgehead atoms. The number of amides is 1. The monoisotopic (exact) mass is 285 g/mol. The molecule has 1 aromatic heterocycles. The van der Waals surface area contributed by atoms with Gasteiger partial charge < -0.3 is 5.32 Å². The summed E-state index contributed by atoms with van der Waals surface area (Å²) in [6, 6.07) is 6.00. The molecule has 0 saturated heterocycles. The molecular formula is C17H23N3O. The highest BCUT2D eigenvalue weighted by Gasteiger charge is 2.28. The highest BCUT2D eigenvalue weighted by Crippen LogP contribution is 2.30. The summed E-state index contributed by atoms with van der Waals surface area (Å²) >= 11 is 0. The molecule has 1 fully saturated rings. The minimum atomic E-state index is 0.0315. The fourth-order valence-corrected chi connectivity index (χ4v) is 3.47. The molecule has 21 heavy (non-hydrogen) atoms. The van der Waals surface area contributed by atoms with Crippen molar-refractivity contribution in [1.82, 2.24) is 15.5 Å². The molecule has 1 aromatic carbocycles. The fraction of sp³-hybridized carbons (Fsp3) is 0.529. The third kappa shape index (κ3) is 2.94. The van der Waals surface area contributed by atoms with Crippen molar-refractivity contribution in [2.75, 3.05) is 0 Å². The van der Waals surface area contributed by atoms with Crippen molar-refractivity contribution in [3.8, 4) is 0 Å². The Morgan fingerprint density at radius 2 is 2.14 bits per heavy atom. The number of hydrogen-bond donors (Lipinski definition) is 2. The van der Waals surface area contributed by atoms with Gasteiger partial charge in [0.2, 0.25) is 0 Å². The smallest absolute Gasteiger partial charge is 0.251 e. The fourth-order valence-electron chi connectivity index (χ4n) is 3.47. The Kier molecular flexibility index (Phi) is 3.95. The van der Waals surface area contributed by atoms with Crippen molar-refractivity contribution in [2.45, 2.75) is 45.6 Å². The first-order valence-electron chi connectivity index (χ1n) is 7.89. The van der Waals surface area contributed by atoms with Crippen LogP contribution >= 0.6 is 0 Å². The Bertz CT molecular complexity index is 632. The summed E-state index contributed by atoms with van der Waals surface area (Å²) in [5.41, 5.74) is 1.62. The van der Waals surface area contributed by atoms with Gasteiger partial charge in [-0.2, -0.15) is 5.10 Å². The van der Waals surface area contributed by atoms with E-state index in [1.807, 2.05) is 18.2 Å². The van der Waals surface area contributed by atoms with Gasteiger partial charge in [-0.15, -0.1) is 0 Å². The summed E-state index contributed by atoms with van der Waals surface area (Å²) in [7, 11) is 0. The number of fused-ring (bicyclic) bond motifs is 1. The van der Waals surface area contributed by atoms with Crippen LogP contribution in [-0.4, -0.2) is 22.1 Å². The molecule has 0 aliphatic heterocycles. The van der Waals surface area contributed by atoms with Gasteiger partial charge in [0.1, 0.15) is 0 Å². The zero-order chi connectivity index (χ0) is 14.8. The molecule has 0 radical (unpaired) electrons. The van der Waals surface area contributed by atoms with E-state index in [4.69, 9.17) is 0 Å². The van der Waals surface area contributed by atoms with Gasteiger partial charge in [-0.25, -0.2) is 0 Å². The lowest BCUT2D eigenvalue weighted by Crippen LogP contribution is -2.43. The number of carbonyl (C=O) groups excluding carboxylic acids is 1. The van der Waals surface area contributed by atoms with Gasteiger partial charge in [-0.3, -0.25) is 9.89 Å². The predicted molar refractivity (Wildman–Crippen MR) is 84.1 cm³/mol. The van der Waals surface area contributed by atoms with E-state index in [-0.39, 0.29) is 5.91 Å². The molecule has 2 aromatic rings. The van der Waals surface area contributed by atoms with Crippen LogP contribution in [0.25, 0.3) is 10.9 Å². The van der Waals surface area contributed by atoms with E-state index in [1.165, 1.54) is 19.3 Å². The first-order chi connectivity index (χ1) is 10.1. The van der Waals surface area contributed by atoms with Gasteiger partial charge in [-0.1, -0.05) is 32.8 Å². The van der Waals surface area contributed by atoms with E-state index in [0.29, 0.717) is 23.4 Å². The summed E-state index contributed by atoms with van der Waals surface area (Å²) in [6.45, 7) is 4.51. The second-order valence-corrected chi connectivity index (χ2v) is 6.44. The Morgan fingerprint density at radius 3 is 2.95 bits per heavy atom. The van der Waals surface area contributed by atoms with Crippen LogP contribution < -0.4 is 5.32 Å². The molecule has 4 nitrogen and oxygen atoms in total. The molecular weight excluding hydrogens is 262 g/mol. The maximum atomic E-state index is 12.5. The minimum Gasteiger partial charge on any atom is -0.349 e. The summed E-state index contributed by atoms with van der Waals surface area (Å²) in [5, 5.41) is 11.2. The van der Waals surface area contributed by atoms with Crippen molar-refractivity contribution in [1.29, 1.82) is 0 Å². The molecule has 1 saturated carbocycles. The number of carbonyl (C=O) groups is 1. The molecule has 2 unspecified atom stereocenters. The van der Waals surface area contributed by atoms with Crippen molar-refractivity contribution in [3.63, 3.8) is 0 Å². The number of nitrogens with zero attached hydrogens (tertiary/aromatic N) is 1. The molecule has 112 valence electrons. The van der Waals surface area contributed by atoms with E-state index in [1.54, 1.807) is 6.20 Å². The van der Waals surface area contributed by atoms with Crippen LogP contribution in [0.1, 0.15) is 49.9 Å². The van der Waals surface area contributed by atoms with E-state index in [0.717, 1.165) is 17.3 Å². The third-order valence-electron chi connectivity index (χ3n) is 4.70. The van der Waals surface area contributed by atoms with Crippen molar-refractivity contribution < 1.29 is 4.79 Å². The highest BCUT2D eigenvalue weighted by molar-refractivity contribution is 5.97. The van der Waals surface area contributed by atoms with Gasteiger partial charge in [0.05, 0.1) is 11.7 Å². The summed E-state index contributed by atoms with van der Waals surface area (Å²) < 4.78 is 0. The number of aromatic nitrogens is 2. The Balaban J connectivity index is 1.75. The third-order valence-corrected chi connectivity index (χ3v) is 4.70. The van der Waals surface area contributed by atoms with Gasteiger partial charge in [0, 0.05) is 17.0 Å². The Hall–Kier alpha value is -1.84. The topological polar surface area (TPSA) is 57.8 Å². The number of nitrogens with one attached hydrogen (secondary N) is 2. The summed E-state index contributed by atoms with van der Waals surface area (Å²) in [4.78, 5) is 12.5. The molecule has 1 amide bonds. The largest absolute Gasteiger partial charge is 0.349 e. The molecule has 1 aliphatic rings. The quantitative estimate of drug-likeness (QED) is 0.906. The lowest BCUT2D eigenvalue weighted by molar-refractivity contribution is 0.0889. The first kappa shape index (κ1) is 14.1. The van der Waals surface area contributed by atoms with E-state index < -0.39 is 0 Å². The van der Waals surface area contributed by atoms with Crippen molar-refractivity contribution in [2.24, 2.45) is 11.8 Å². The van der Waals surface area contributed by atoms with E-state index >= 15 is 0 Å². The highest BCUT2D eigenvalue weighted by atomic mass is 16.1. The van der Waals surface area contributed by atoms with Gasteiger partial charge in [0.15, 0.2) is 0 Å². The lowest BCUT2D eigenvalue weighted by Gasteiger charge is -2.34. The number of H-pyrrole nitrogens is 1. The molecule has 0 spiro atoms. The van der Waals surface area contributed by atoms with Crippen LogP contribution in [0.5, 0.6) is 0 Å². The lowest BCUT2D eigenvalue weighted by atomic mass is 9.78. The maximum absolute atomic E-state index is 12.5. The van der Waals surface area contributed by atoms with E-state index in [2.05, 4.69) is 29.4 Å². The van der Waals surface area contributed by atoms with Crippen LogP contribution in [0.4, 0.5) is 0 Å². The van der Waals surface area contributed by atoms with Gasteiger partial charge in [0.25, 0.3) is 5.91 Å². The normalized spacial score (nSPS) is 22.6. The maximum Gasteiger partial charge on any atom is 0.251 e. The van der Waals surface area contributed by atoms with Gasteiger partial charge >= 0.3 is 0 Å². The molecule has 2 atom stereocenters. The molecule has 1 aliphatic carbocycles. The second kappa shape index (κ2) is 5.88. The first-order valence-corrected chi connectivity index (χ1v) is 7.89. The van der Waals surface area contributed by atoms with Crippen LogP contribution in [0, 0.1) is 11.8 Å². The Labute approximate surface area is 125 Å². The SMILES string of the molecule is CC(C)C1CCCCC1NC(=O)c1ccc2cn[nH]c2c1. The van der Waals surface area contributed by atoms with Crippen LogP contribution in [0.15, 0.2) is 24.4 Å². The average Bonchev–Trinajstić information content (AvgIpc) is 2.94. The molecule has 2 N–H and O–H groups in total. The summed E-state index contributed by atoms with van der Waals surface area (Å²) in [5.74, 6) is 1.24. The second-order valence-electron chi connectivity index (χ2n) is 6.44. The zero-order valence-electron chi connectivity index (χ0n) is 12.7. The molecule has 4 heteroatoms. The van der Waals surface area contributed by atoms with Crippen LogP contribution in [0.2, 0.25) is 0 Å². The minimum absolute atomic E-state index is 0.0315. The number of aromatic amines is 1. The average molecular weight is 285 g/mol. The standard InChI is InChI=1S/C17H23N3O/c1-11(2)14-5-3-4-6-15(14)19-17(21)12-7-8-13-10-18-20-16(13)9-12/h7-11,14-15H,3-6H2,1-2H3,(H,18,20)(H,19,21). The number of benzene rings is 1. The summed E-state index contributed by atoms with van der Waals surface area (Å²) in [6.07, 6.45) is 6.60. The van der Waals surface area contributed by atoms with Crippen molar-refractivity contribution >= 4 is 16.8 Å². The van der Waals surface area contributed by atoms with Crippen molar-refractivity contribution in [3.05, 3.63) is 30.0 Å². The van der Waals surface area contributed by atoms with Gasteiger partial charge in [-0.05, 0) is 36.8 Å². The van der Waals surface area contributed by atoms with E-state index in [9.17, 15) is 4.79 Å². The number of hydrogen-bond acceptors (Lipinski definition) is 2. The number of rotatable bonds is 3. The van der Waals surface area contributed by atoms with Crippen LogP contribution in [0.3, 0.4) is 0 Å². The zero-order valence-corrected chi connectivity index (χ0v) is 12.7. The molecule has 1 heterocycles. The molecule has 3 rings (SSSR count). The van der Waals surface area contributed by atoms with Crippen LogP contribution in [-0.2, 0) is 0 Å². The Morgan fingerprint density at radius 1 is 1.33 bits per heavy atom. The predicted octanol–water partition coefficient (Wildman–Crippen LogP) is 3.51.